The minimum atomic E-state index is -2.73. The molecule has 0 spiro atoms. The number of imide groups is 1. The topological polar surface area (TPSA) is 236 Å². The Kier molecular flexibility index (Phi) is 16.7. The predicted octanol–water partition coefficient (Wildman–Crippen LogP) is 4.60. The highest BCUT2D eigenvalue weighted by Crippen LogP contribution is 2.46. The molecule has 24 heteroatoms. The molecule has 66 heavy (non-hydrogen) atoms. The zero-order valence-corrected chi connectivity index (χ0v) is 39.3. The molecule has 20 nitrogen and oxygen atoms in total. The van der Waals surface area contributed by atoms with Crippen LogP contribution >= 0.6 is 46.6 Å². The highest BCUT2D eigenvalue weighted by molar-refractivity contribution is 7.99. The number of alkyl carbamates (subject to hydrolysis) is 1. The van der Waals surface area contributed by atoms with Gasteiger partial charge in [0.05, 0.1) is 26.2 Å². The van der Waals surface area contributed by atoms with Crippen LogP contribution in [0.15, 0.2) is 59.5 Å². The van der Waals surface area contributed by atoms with Gasteiger partial charge in [-0.1, -0.05) is 94.6 Å². The maximum absolute atomic E-state index is 14.6. The molecular weight excluding hydrogens is 959 g/mol. The number of alkyl halides is 3. The largest absolute Gasteiger partial charge is 0.465 e. The monoisotopic (exact) mass is 1000 g/mol. The number of hydrogen-bond donors (Lipinski definition) is 1. The Labute approximate surface area is 397 Å². The Bertz CT molecular complexity index is 2120. The molecule has 0 unspecified atom stereocenters. The fourth-order valence-electron chi connectivity index (χ4n) is 7.87. The summed E-state index contributed by atoms with van der Waals surface area (Å²) in [5.74, 6) is -7.56. The summed E-state index contributed by atoms with van der Waals surface area (Å²) in [7, 11) is 1.01. The number of methoxy groups -OCH3 is 1. The normalized spacial score (nSPS) is 29.1. The van der Waals surface area contributed by atoms with E-state index in [2.05, 4.69) is 5.32 Å². The van der Waals surface area contributed by atoms with E-state index in [-0.39, 0.29) is 6.61 Å². The molecule has 6 rings (SSSR count). The van der Waals surface area contributed by atoms with Crippen LogP contribution in [-0.4, -0.2) is 144 Å². The maximum atomic E-state index is 14.6. The second-order valence-corrected chi connectivity index (χ2v) is 19.1. The van der Waals surface area contributed by atoms with E-state index in [1.165, 1.54) is 0 Å². The molecule has 0 bridgehead atoms. The summed E-state index contributed by atoms with van der Waals surface area (Å²) in [6, 6.07) is 13.2. The highest BCUT2D eigenvalue weighted by atomic mass is 35.6. The summed E-state index contributed by atoms with van der Waals surface area (Å²) in [5.41, 5.74) is 0.419. The van der Waals surface area contributed by atoms with E-state index in [1.807, 2.05) is 31.2 Å². The number of aryl methyl sites for hydroxylation is 1. The Morgan fingerprint density at radius 1 is 0.909 bits per heavy atom. The van der Waals surface area contributed by atoms with Crippen molar-refractivity contribution >= 4 is 88.5 Å². The summed E-state index contributed by atoms with van der Waals surface area (Å²) < 4.78 is 63.6. The molecule has 0 aliphatic carbocycles. The molecule has 4 aliphatic heterocycles. The Morgan fingerprint density at radius 3 is 2.20 bits per heavy atom. The standard InChI is InChI=1S/C42H47Cl3N2O18S/c1-20-12-14-26(15-13-20)66-37-30(46-39(53)58-19-42(43,44)45)34(32-29(61-37)18-57-36(63-32)25-10-8-7-9-11-25)64-41(38(52)55-6)16-27-31(47(21(2)48)40(54)62-27)35(65-41)33(60-24(5)51)28(59-23(4)50)17-56-22(3)49/h7-15,27-37H,16-19H2,1-6H3,(H,46,53)/t27-,28+,29+,30+,31+,32-,33+,34+,35+,36-,37-,41+/m0/s1. The first-order valence-electron chi connectivity index (χ1n) is 20.3. The van der Waals surface area contributed by atoms with E-state index in [9.17, 15) is 33.6 Å². The van der Waals surface area contributed by atoms with E-state index >= 15 is 0 Å². The van der Waals surface area contributed by atoms with Crippen LogP contribution in [0.3, 0.4) is 0 Å². The number of hydrogen-bond acceptors (Lipinski definition) is 19. The van der Waals surface area contributed by atoms with Gasteiger partial charge in [0.25, 0.3) is 5.79 Å². The van der Waals surface area contributed by atoms with Gasteiger partial charge >= 0.3 is 36.1 Å². The molecule has 2 aromatic rings. The summed E-state index contributed by atoms with van der Waals surface area (Å²) >= 11 is 18.9. The number of thioether (sulfide) groups is 1. The zero-order valence-electron chi connectivity index (χ0n) is 36.2. The first-order valence-corrected chi connectivity index (χ1v) is 22.3. The smallest absolute Gasteiger partial charge is 0.417 e. The van der Waals surface area contributed by atoms with Crippen molar-refractivity contribution in [3.05, 3.63) is 65.7 Å². The third kappa shape index (κ3) is 12.4. The van der Waals surface area contributed by atoms with Crippen molar-refractivity contribution in [3.8, 4) is 0 Å². The second-order valence-electron chi connectivity index (χ2n) is 15.5. The molecule has 0 radical (unpaired) electrons. The minimum Gasteiger partial charge on any atom is -0.465 e. The fourth-order valence-corrected chi connectivity index (χ4v) is 9.17. The van der Waals surface area contributed by atoms with E-state index in [1.54, 1.807) is 30.3 Å². The van der Waals surface area contributed by atoms with Crippen molar-refractivity contribution in [2.24, 2.45) is 0 Å². The van der Waals surface area contributed by atoms with Crippen LogP contribution in [0.1, 0.15) is 51.5 Å². The lowest BCUT2D eigenvalue weighted by Gasteiger charge is -2.53. The number of nitrogens with zero attached hydrogens (tertiary/aromatic N) is 1. The molecule has 1 N–H and O–H groups in total. The van der Waals surface area contributed by atoms with E-state index in [0.29, 0.717) is 15.4 Å². The van der Waals surface area contributed by atoms with Crippen LogP contribution in [-0.2, 0) is 76.1 Å². The average Bonchev–Trinajstić information content (AvgIpc) is 3.60. The van der Waals surface area contributed by atoms with Crippen molar-refractivity contribution in [2.45, 2.75) is 122 Å². The van der Waals surface area contributed by atoms with Gasteiger partial charge in [0, 0.05) is 38.2 Å². The highest BCUT2D eigenvalue weighted by Gasteiger charge is 2.66. The summed E-state index contributed by atoms with van der Waals surface area (Å²) in [6.07, 6.45) is -14.7. The number of fused-ring (bicyclic) bond motifs is 2. The fraction of sp³-hybridized carbons (Fsp3) is 0.548. The average molecular weight is 1010 g/mol. The van der Waals surface area contributed by atoms with Crippen molar-refractivity contribution in [3.63, 3.8) is 0 Å². The third-order valence-corrected chi connectivity index (χ3v) is 12.0. The molecule has 4 saturated heterocycles. The van der Waals surface area contributed by atoms with Crippen LogP contribution in [0.2, 0.25) is 0 Å². The first-order chi connectivity index (χ1) is 31.2. The van der Waals surface area contributed by atoms with E-state index in [4.69, 9.17) is 86.9 Å². The van der Waals surface area contributed by atoms with Crippen LogP contribution in [0.4, 0.5) is 9.59 Å². The molecule has 3 amide bonds. The number of nitrogens with one attached hydrogen (secondary N) is 1. The lowest BCUT2D eigenvalue weighted by atomic mass is 9.87. The van der Waals surface area contributed by atoms with E-state index in [0.717, 1.165) is 52.1 Å². The SMILES string of the molecule is COC(=O)[C@@]1(O[C@@H]2[C@@H](NC(=O)OCC(Cl)(Cl)Cl)[C@H](Sc3ccc(C)cc3)O[C@@H]3CO[C@H](c4ccccc4)O[C@H]23)C[C@@H]2OC(=O)N(C(C)=O)[C@H]2[C@H]([C@H](OC(C)=O)[C@@H](COC(C)=O)OC(C)=O)O1. The summed E-state index contributed by atoms with van der Waals surface area (Å²) in [4.78, 5) is 93.8. The summed E-state index contributed by atoms with van der Waals surface area (Å²) in [5, 5.41) is 2.73. The molecule has 12 atom stereocenters. The van der Waals surface area contributed by atoms with Crippen LogP contribution in [0, 0.1) is 6.92 Å². The van der Waals surface area contributed by atoms with E-state index < -0.39 is 138 Å². The first kappa shape index (κ1) is 51.0. The lowest BCUT2D eigenvalue weighted by Crippen LogP contribution is -2.71. The lowest BCUT2D eigenvalue weighted by molar-refractivity contribution is -0.365. The molecule has 0 saturated carbocycles. The molecule has 4 fully saturated rings. The second kappa shape index (κ2) is 21.7. The Hall–Kier alpha value is -4.45. The van der Waals surface area contributed by atoms with Gasteiger partial charge in [0.1, 0.15) is 55.2 Å². The van der Waals surface area contributed by atoms with Gasteiger partial charge in [0.15, 0.2) is 18.5 Å². The van der Waals surface area contributed by atoms with Gasteiger partial charge in [-0.25, -0.2) is 19.3 Å². The van der Waals surface area contributed by atoms with Crippen LogP contribution in [0.25, 0.3) is 0 Å². The number of halogens is 3. The molecular formula is C42H47Cl3N2O18S. The van der Waals surface area contributed by atoms with Crippen LogP contribution < -0.4 is 5.32 Å². The zero-order chi connectivity index (χ0) is 48.1. The maximum Gasteiger partial charge on any atom is 0.417 e. The molecule has 4 aliphatic rings. The van der Waals surface area contributed by atoms with Gasteiger partial charge in [-0.05, 0) is 19.1 Å². The Balaban J connectivity index is 1.52. The molecule has 0 aromatic heterocycles. The number of rotatable bonds is 14. The van der Waals surface area contributed by atoms with Crippen molar-refractivity contribution in [1.82, 2.24) is 10.2 Å². The van der Waals surface area contributed by atoms with Gasteiger partial charge in [-0.15, -0.1) is 0 Å². The van der Waals surface area contributed by atoms with Gasteiger partial charge < -0.3 is 57.4 Å². The van der Waals surface area contributed by atoms with Crippen molar-refractivity contribution in [1.29, 1.82) is 0 Å². The number of carbonyl (C=O) groups is 7. The number of esters is 4. The number of carbonyl (C=O) groups excluding carboxylic acids is 7. The number of ether oxygens (including phenoxy) is 11. The molecule has 4 heterocycles. The van der Waals surface area contributed by atoms with Crippen LogP contribution in [0.5, 0.6) is 0 Å². The van der Waals surface area contributed by atoms with Gasteiger partial charge in [0.2, 0.25) is 9.70 Å². The number of amides is 3. The molecule has 2 aromatic carbocycles. The third-order valence-electron chi connectivity index (χ3n) is 10.5. The van der Waals surface area contributed by atoms with Gasteiger partial charge in [-0.2, -0.15) is 0 Å². The quantitative estimate of drug-likeness (QED) is 0.155. The predicted molar refractivity (Wildman–Crippen MR) is 228 cm³/mol. The minimum absolute atomic E-state index is 0.112. The van der Waals surface area contributed by atoms with Gasteiger partial charge in [-0.3, -0.25) is 19.2 Å². The van der Waals surface area contributed by atoms with Crippen molar-refractivity contribution in [2.75, 3.05) is 26.9 Å². The summed E-state index contributed by atoms with van der Waals surface area (Å²) in [6.45, 7) is 4.51. The molecule has 360 valence electrons. The Morgan fingerprint density at radius 2 is 1.59 bits per heavy atom. The van der Waals surface area contributed by atoms with Crippen molar-refractivity contribution < 1.29 is 85.7 Å². The number of benzene rings is 2.